The third-order valence-corrected chi connectivity index (χ3v) is 10.9. The zero-order valence-electron chi connectivity index (χ0n) is 28.0. The van der Waals surface area contributed by atoms with Crippen molar-refractivity contribution in [1.82, 2.24) is 14.7 Å². The van der Waals surface area contributed by atoms with Crippen LogP contribution in [0.15, 0.2) is 59.5 Å². The van der Waals surface area contributed by atoms with E-state index in [1.807, 2.05) is 36.4 Å². The maximum atomic E-state index is 13.7. The number of amides is 1. The highest BCUT2D eigenvalue weighted by Gasteiger charge is 2.32. The summed E-state index contributed by atoms with van der Waals surface area (Å²) < 4.78 is 23.8. The molecular weight excluding hydrogens is 733 g/mol. The van der Waals surface area contributed by atoms with Crippen LogP contribution in [0.25, 0.3) is 17.2 Å². The first-order valence-electron chi connectivity index (χ1n) is 16.8. The van der Waals surface area contributed by atoms with Crippen LogP contribution in [0.4, 0.5) is 0 Å². The van der Waals surface area contributed by atoms with Gasteiger partial charge in [-0.05, 0) is 66.1 Å². The summed E-state index contributed by atoms with van der Waals surface area (Å²) >= 11 is 19.4. The van der Waals surface area contributed by atoms with Crippen LogP contribution in [0, 0.1) is 0 Å². The van der Waals surface area contributed by atoms with Crippen LogP contribution in [-0.2, 0) is 20.8 Å². The van der Waals surface area contributed by atoms with Crippen LogP contribution >= 0.6 is 47.2 Å². The third kappa shape index (κ3) is 10.0. The predicted molar refractivity (Wildman–Crippen MR) is 204 cm³/mol. The van der Waals surface area contributed by atoms with E-state index in [0.29, 0.717) is 89.9 Å². The number of nitrogens with zero attached hydrogens (tertiary/aromatic N) is 3. The standard InChI is InChI=1S/C37H39Cl2N3O7S2/c38-30-5-2-26(22-31(30)39)25-3-6-32(49-19-13-40-9-15-46-16-10-40)28(20-25)23-34-35(43)42(37(50)51-34)8-1-14-48-33-7-4-27(36(44)45)21-29(33)24-41-11-17-47-18-12-41/h2-7,20-23H,1,8-19,24H2,(H,44,45)/b34-23-. The first kappa shape index (κ1) is 37.6. The minimum Gasteiger partial charge on any atom is -0.493 e. The number of rotatable bonds is 14. The molecule has 0 bridgehead atoms. The number of hydrogen-bond acceptors (Lipinski definition) is 10. The van der Waals surface area contributed by atoms with Gasteiger partial charge in [0, 0.05) is 56.9 Å². The minimum atomic E-state index is -0.986. The minimum absolute atomic E-state index is 0.178. The van der Waals surface area contributed by atoms with Gasteiger partial charge in [0.2, 0.25) is 0 Å². The third-order valence-electron chi connectivity index (χ3n) is 8.78. The lowest BCUT2D eigenvalue weighted by molar-refractivity contribution is -0.122. The first-order chi connectivity index (χ1) is 24.7. The zero-order valence-corrected chi connectivity index (χ0v) is 31.1. The molecule has 3 aromatic carbocycles. The quantitative estimate of drug-likeness (QED) is 0.109. The van der Waals surface area contributed by atoms with E-state index in [0.717, 1.165) is 55.0 Å². The van der Waals surface area contributed by atoms with Gasteiger partial charge in [0.25, 0.3) is 5.91 Å². The number of carboxylic acids is 1. The van der Waals surface area contributed by atoms with Crippen molar-refractivity contribution in [3.05, 3.63) is 86.2 Å². The Balaban J connectivity index is 1.13. The number of carboxylic acid groups (broad SMARTS) is 1. The van der Waals surface area contributed by atoms with Gasteiger partial charge in [0.05, 0.1) is 53.5 Å². The molecule has 51 heavy (non-hydrogen) atoms. The highest BCUT2D eigenvalue weighted by Crippen LogP contribution is 2.37. The van der Waals surface area contributed by atoms with E-state index >= 15 is 0 Å². The lowest BCUT2D eigenvalue weighted by Gasteiger charge is -2.27. The van der Waals surface area contributed by atoms with Crippen LogP contribution in [0.3, 0.4) is 0 Å². The monoisotopic (exact) mass is 771 g/mol. The summed E-state index contributed by atoms with van der Waals surface area (Å²) in [5, 5.41) is 10.5. The Hall–Kier alpha value is -3.20. The average Bonchev–Trinajstić information content (AvgIpc) is 3.40. The molecule has 0 unspecified atom stereocenters. The van der Waals surface area contributed by atoms with Gasteiger partial charge in [0.1, 0.15) is 22.4 Å². The van der Waals surface area contributed by atoms with Crippen molar-refractivity contribution in [3.8, 4) is 22.6 Å². The second-order valence-electron chi connectivity index (χ2n) is 12.2. The Kier molecular flexibility index (Phi) is 13.3. The van der Waals surface area contributed by atoms with Crippen molar-refractivity contribution < 1.29 is 33.6 Å². The van der Waals surface area contributed by atoms with Crippen molar-refractivity contribution in [2.24, 2.45) is 0 Å². The van der Waals surface area contributed by atoms with Crippen molar-refractivity contribution in [1.29, 1.82) is 0 Å². The predicted octanol–water partition coefficient (Wildman–Crippen LogP) is 6.57. The summed E-state index contributed by atoms with van der Waals surface area (Å²) in [6, 6.07) is 16.3. The molecular formula is C37H39Cl2N3O7S2. The van der Waals surface area contributed by atoms with Crippen molar-refractivity contribution in [2.75, 3.05) is 78.9 Å². The van der Waals surface area contributed by atoms with E-state index in [-0.39, 0.29) is 11.5 Å². The number of carbonyl (C=O) groups is 2. The summed E-state index contributed by atoms with van der Waals surface area (Å²) in [5.74, 6) is 0.121. The van der Waals surface area contributed by atoms with Gasteiger partial charge in [-0.25, -0.2) is 4.79 Å². The van der Waals surface area contributed by atoms with Gasteiger partial charge in [-0.1, -0.05) is 59.3 Å². The van der Waals surface area contributed by atoms with Crippen LogP contribution in [-0.4, -0.2) is 115 Å². The van der Waals surface area contributed by atoms with E-state index in [9.17, 15) is 14.7 Å². The molecule has 0 atom stereocenters. The van der Waals surface area contributed by atoms with E-state index in [2.05, 4.69) is 9.80 Å². The van der Waals surface area contributed by atoms with Gasteiger partial charge < -0.3 is 24.1 Å². The van der Waals surface area contributed by atoms with Gasteiger partial charge in [-0.3, -0.25) is 19.5 Å². The van der Waals surface area contributed by atoms with Gasteiger partial charge in [-0.15, -0.1) is 0 Å². The highest BCUT2D eigenvalue weighted by atomic mass is 35.5. The fourth-order valence-corrected chi connectivity index (χ4v) is 7.57. The van der Waals surface area contributed by atoms with Crippen LogP contribution in [0.1, 0.15) is 27.9 Å². The highest BCUT2D eigenvalue weighted by molar-refractivity contribution is 8.26. The SMILES string of the molecule is O=C(O)c1ccc(OCCCN2C(=O)/C(=C/c3cc(-c4ccc(Cl)c(Cl)c4)ccc3OCCN3CCOCC3)SC2=S)c(CN2CCOCC2)c1. The maximum Gasteiger partial charge on any atom is 0.335 e. The van der Waals surface area contributed by atoms with Crippen LogP contribution in [0.2, 0.25) is 10.0 Å². The Morgan fingerprint density at radius 2 is 1.51 bits per heavy atom. The number of morpholine rings is 2. The average molecular weight is 773 g/mol. The number of thioether (sulfide) groups is 1. The second-order valence-corrected chi connectivity index (χ2v) is 14.7. The summed E-state index contributed by atoms with van der Waals surface area (Å²) in [5.41, 5.74) is 3.55. The molecule has 6 rings (SSSR count). The Bertz CT molecular complexity index is 1780. The number of hydrogen-bond donors (Lipinski definition) is 1. The molecule has 3 fully saturated rings. The van der Waals surface area contributed by atoms with E-state index < -0.39 is 5.97 Å². The molecule has 0 aliphatic carbocycles. The molecule has 0 spiro atoms. The first-order valence-corrected chi connectivity index (χ1v) is 18.8. The molecule has 3 aliphatic heterocycles. The van der Waals surface area contributed by atoms with Gasteiger partial charge >= 0.3 is 5.97 Å². The molecule has 3 saturated heterocycles. The maximum absolute atomic E-state index is 13.7. The number of aromatic carboxylic acids is 1. The molecule has 3 aliphatic rings. The van der Waals surface area contributed by atoms with Crippen LogP contribution < -0.4 is 9.47 Å². The van der Waals surface area contributed by atoms with Gasteiger partial charge in [-0.2, -0.15) is 0 Å². The van der Waals surface area contributed by atoms with Crippen molar-refractivity contribution in [3.63, 3.8) is 0 Å². The Morgan fingerprint density at radius 1 is 0.843 bits per heavy atom. The molecule has 0 saturated carbocycles. The van der Waals surface area contributed by atoms with Crippen molar-refractivity contribution in [2.45, 2.75) is 13.0 Å². The zero-order chi connectivity index (χ0) is 35.7. The largest absolute Gasteiger partial charge is 0.493 e. The van der Waals surface area contributed by atoms with Crippen molar-refractivity contribution >= 4 is 69.5 Å². The van der Waals surface area contributed by atoms with Crippen LogP contribution in [0.5, 0.6) is 11.5 Å². The molecule has 3 heterocycles. The fraction of sp³-hybridized carbons (Fsp3) is 0.378. The second kappa shape index (κ2) is 18.0. The molecule has 1 amide bonds. The topological polar surface area (TPSA) is 101 Å². The lowest BCUT2D eigenvalue weighted by Crippen LogP contribution is -2.38. The molecule has 14 heteroatoms. The summed E-state index contributed by atoms with van der Waals surface area (Å²) in [7, 11) is 0. The van der Waals surface area contributed by atoms with E-state index in [1.165, 1.54) is 11.8 Å². The Morgan fingerprint density at radius 3 is 2.24 bits per heavy atom. The number of benzene rings is 3. The lowest BCUT2D eigenvalue weighted by atomic mass is 10.0. The number of carbonyl (C=O) groups excluding carboxylic acids is 1. The van der Waals surface area contributed by atoms with E-state index in [1.54, 1.807) is 29.2 Å². The smallest absolute Gasteiger partial charge is 0.335 e. The molecule has 1 N–H and O–H groups in total. The summed E-state index contributed by atoms with van der Waals surface area (Å²) in [6.45, 7) is 8.48. The normalized spacial score (nSPS) is 18.1. The number of halogens is 2. The molecule has 0 radical (unpaired) electrons. The number of ether oxygens (including phenoxy) is 4. The summed E-state index contributed by atoms with van der Waals surface area (Å²) in [6.07, 6.45) is 2.36. The molecule has 10 nitrogen and oxygen atoms in total. The van der Waals surface area contributed by atoms with Gasteiger partial charge in [0.15, 0.2) is 0 Å². The van der Waals surface area contributed by atoms with E-state index in [4.69, 9.17) is 54.4 Å². The summed E-state index contributed by atoms with van der Waals surface area (Å²) in [4.78, 5) is 31.9. The fourth-order valence-electron chi connectivity index (χ4n) is 5.97. The number of thiocarbonyl (C=S) groups is 1. The molecule has 0 aromatic heterocycles. The molecule has 270 valence electrons. The molecule has 3 aromatic rings. The Labute approximate surface area is 317 Å².